The molecule has 0 fully saturated rings. The van der Waals surface area contributed by atoms with Gasteiger partial charge in [-0.2, -0.15) is 10.5 Å². The predicted molar refractivity (Wildman–Crippen MR) is 60.0 cm³/mol. The lowest BCUT2D eigenvalue weighted by atomic mass is 10.7. The number of hydrogen-bond donors (Lipinski definition) is 0. The van der Waals surface area contributed by atoms with Gasteiger partial charge in [0.25, 0.3) is 0 Å². The highest BCUT2D eigenvalue weighted by atomic mass is 32.2. The van der Waals surface area contributed by atoms with Gasteiger partial charge in [0.15, 0.2) is 5.13 Å². The zero-order valence-electron chi connectivity index (χ0n) is 7.70. The van der Waals surface area contributed by atoms with Crippen molar-refractivity contribution in [2.75, 3.05) is 24.7 Å². The van der Waals surface area contributed by atoms with Gasteiger partial charge in [-0.1, -0.05) is 17.2 Å². The van der Waals surface area contributed by atoms with Gasteiger partial charge in [0.05, 0.1) is 10.4 Å². The summed E-state index contributed by atoms with van der Waals surface area (Å²) in [5, 5.41) is 1.09. The van der Waals surface area contributed by atoms with Gasteiger partial charge in [0, 0.05) is 13.6 Å². The molecule has 0 aliphatic carbocycles. The SMILES string of the molecule is C=S(C)c1cnc(N(C)CC)s1. The normalized spacial score (nSPS) is 12.9. The first kappa shape index (κ1) is 9.74. The highest BCUT2D eigenvalue weighted by Crippen LogP contribution is 2.31. The molecule has 1 heterocycles. The lowest BCUT2D eigenvalue weighted by Crippen LogP contribution is -2.14. The molecule has 0 N–H and O–H groups in total. The van der Waals surface area contributed by atoms with Crippen molar-refractivity contribution < 1.29 is 0 Å². The van der Waals surface area contributed by atoms with E-state index in [4.69, 9.17) is 0 Å². The molecule has 1 unspecified atom stereocenters. The van der Waals surface area contributed by atoms with Gasteiger partial charge in [-0.3, -0.25) is 0 Å². The first-order chi connectivity index (χ1) is 5.65. The average molecular weight is 202 g/mol. The van der Waals surface area contributed by atoms with Crippen molar-refractivity contribution in [2.45, 2.75) is 11.1 Å². The van der Waals surface area contributed by atoms with E-state index in [9.17, 15) is 0 Å². The fourth-order valence-electron chi connectivity index (χ4n) is 0.723. The first-order valence-corrected chi connectivity index (χ1v) is 6.39. The molecule has 1 atom stereocenters. The van der Waals surface area contributed by atoms with Crippen molar-refractivity contribution >= 4 is 32.8 Å². The van der Waals surface area contributed by atoms with E-state index in [1.54, 1.807) is 11.3 Å². The second kappa shape index (κ2) is 4.05. The second-order valence-electron chi connectivity index (χ2n) is 2.61. The van der Waals surface area contributed by atoms with E-state index in [0.717, 1.165) is 11.7 Å². The highest BCUT2D eigenvalue weighted by molar-refractivity contribution is 8.14. The summed E-state index contributed by atoms with van der Waals surface area (Å²) in [6.45, 7) is 3.12. The lowest BCUT2D eigenvalue weighted by molar-refractivity contribution is 0.957. The molecule has 0 aliphatic heterocycles. The topological polar surface area (TPSA) is 16.1 Å². The molecule has 0 radical (unpaired) electrons. The van der Waals surface area contributed by atoms with Crippen LogP contribution in [0.3, 0.4) is 0 Å². The zero-order chi connectivity index (χ0) is 9.14. The Bertz CT molecular complexity index is 280. The molecule has 0 saturated carbocycles. The number of nitrogens with zero attached hydrogens (tertiary/aromatic N) is 2. The molecule has 1 rings (SSSR count). The largest absolute Gasteiger partial charge is 0.351 e. The van der Waals surface area contributed by atoms with Crippen LogP contribution in [0, 0.1) is 0 Å². The van der Waals surface area contributed by atoms with E-state index in [0.29, 0.717) is 0 Å². The smallest absolute Gasteiger partial charge is 0.186 e. The van der Waals surface area contributed by atoms with Crippen LogP contribution in [-0.2, 0) is 0 Å². The Kier molecular flexibility index (Phi) is 3.29. The van der Waals surface area contributed by atoms with Gasteiger partial charge >= 0.3 is 0 Å². The van der Waals surface area contributed by atoms with Crippen molar-refractivity contribution in [3.8, 4) is 0 Å². The number of rotatable bonds is 3. The fourth-order valence-corrected chi connectivity index (χ4v) is 2.42. The Morgan fingerprint density at radius 2 is 2.42 bits per heavy atom. The van der Waals surface area contributed by atoms with Gasteiger partial charge in [-0.05, 0) is 13.2 Å². The number of hydrogen-bond acceptors (Lipinski definition) is 3. The summed E-state index contributed by atoms with van der Waals surface area (Å²) < 4.78 is 1.28. The maximum atomic E-state index is 4.32. The van der Waals surface area contributed by atoms with Crippen molar-refractivity contribution in [1.82, 2.24) is 4.98 Å². The van der Waals surface area contributed by atoms with E-state index in [-0.39, 0.29) is 10.5 Å². The van der Waals surface area contributed by atoms with Crippen LogP contribution in [0.15, 0.2) is 10.4 Å². The van der Waals surface area contributed by atoms with E-state index >= 15 is 0 Å². The van der Waals surface area contributed by atoms with Gasteiger partial charge < -0.3 is 4.90 Å². The Labute approximate surface area is 80.2 Å². The van der Waals surface area contributed by atoms with Crippen LogP contribution < -0.4 is 4.90 Å². The van der Waals surface area contributed by atoms with Crippen LogP contribution in [0.1, 0.15) is 6.92 Å². The van der Waals surface area contributed by atoms with E-state index in [1.165, 1.54) is 4.21 Å². The maximum absolute atomic E-state index is 4.32. The first-order valence-electron chi connectivity index (χ1n) is 3.77. The summed E-state index contributed by atoms with van der Waals surface area (Å²) in [7, 11) is 2.16. The van der Waals surface area contributed by atoms with Gasteiger partial charge in [0.2, 0.25) is 0 Å². The summed E-state index contributed by atoms with van der Waals surface area (Å²) >= 11 is 1.74. The molecule has 0 saturated heterocycles. The number of aromatic nitrogens is 1. The standard InChI is InChI=1S/C8H14N2S2/c1-5-10(2)8-9-6-7(11-8)12(3)4/h6H,3,5H2,1-2,4H3. The summed E-state index contributed by atoms with van der Waals surface area (Å²) in [4.78, 5) is 6.46. The highest BCUT2D eigenvalue weighted by Gasteiger charge is 2.04. The van der Waals surface area contributed by atoms with E-state index in [1.807, 2.05) is 6.20 Å². The molecule has 0 bridgehead atoms. The second-order valence-corrected chi connectivity index (χ2v) is 5.59. The molecule has 0 aromatic carbocycles. The van der Waals surface area contributed by atoms with Gasteiger partial charge in [-0.25, -0.2) is 4.98 Å². The van der Waals surface area contributed by atoms with Crippen LogP contribution in [-0.4, -0.2) is 30.7 Å². The average Bonchev–Trinajstić information content (AvgIpc) is 2.51. The quantitative estimate of drug-likeness (QED) is 0.699. The van der Waals surface area contributed by atoms with Crippen LogP contribution in [0.25, 0.3) is 0 Å². The van der Waals surface area contributed by atoms with Crippen molar-refractivity contribution in [3.63, 3.8) is 0 Å². The third-order valence-electron chi connectivity index (χ3n) is 1.62. The molecule has 12 heavy (non-hydrogen) atoms. The van der Waals surface area contributed by atoms with Crippen molar-refractivity contribution in [2.24, 2.45) is 0 Å². The zero-order valence-corrected chi connectivity index (χ0v) is 9.34. The summed E-state index contributed by atoms with van der Waals surface area (Å²) in [6, 6.07) is 0. The molecular weight excluding hydrogens is 188 g/mol. The Balaban J connectivity index is 2.84. The summed E-state index contributed by atoms with van der Waals surface area (Å²) in [6.07, 6.45) is 4.05. The van der Waals surface area contributed by atoms with E-state index < -0.39 is 0 Å². The Hall–Kier alpha value is -0.350. The molecule has 0 aliphatic rings. The summed E-state index contributed by atoms with van der Waals surface area (Å²) in [5.74, 6) is 3.99. The third-order valence-corrected chi connectivity index (χ3v) is 4.42. The molecule has 1 aromatic rings. The number of anilines is 1. The summed E-state index contributed by atoms with van der Waals surface area (Å²) in [5.41, 5.74) is 0. The number of thiazole rings is 1. The minimum absolute atomic E-state index is 0.103. The van der Waals surface area contributed by atoms with Gasteiger partial charge in [0.1, 0.15) is 0 Å². The fraction of sp³-hybridized carbons (Fsp3) is 0.500. The van der Waals surface area contributed by atoms with Crippen LogP contribution in [0.4, 0.5) is 5.13 Å². The maximum Gasteiger partial charge on any atom is 0.186 e. The third kappa shape index (κ3) is 2.08. The van der Waals surface area contributed by atoms with Crippen molar-refractivity contribution in [1.29, 1.82) is 0 Å². The predicted octanol–water partition coefficient (Wildman–Crippen LogP) is 2.29. The molecule has 2 nitrogen and oxygen atoms in total. The van der Waals surface area contributed by atoms with Crippen LogP contribution in [0.2, 0.25) is 0 Å². The van der Waals surface area contributed by atoms with Crippen LogP contribution >= 0.6 is 21.8 Å². The molecule has 0 amide bonds. The van der Waals surface area contributed by atoms with Gasteiger partial charge in [-0.15, -0.1) is 0 Å². The molecule has 4 heteroatoms. The molecule has 1 aromatic heterocycles. The van der Waals surface area contributed by atoms with Crippen LogP contribution in [0.5, 0.6) is 0 Å². The monoisotopic (exact) mass is 202 g/mol. The Morgan fingerprint density at radius 3 is 2.83 bits per heavy atom. The molecular formula is C8H14N2S2. The Morgan fingerprint density at radius 1 is 1.75 bits per heavy atom. The molecule has 0 spiro atoms. The molecule has 68 valence electrons. The lowest BCUT2D eigenvalue weighted by Gasteiger charge is -2.10. The minimum Gasteiger partial charge on any atom is -0.351 e. The minimum atomic E-state index is 0.103. The van der Waals surface area contributed by atoms with E-state index in [2.05, 4.69) is 36.0 Å². The van der Waals surface area contributed by atoms with Crippen molar-refractivity contribution in [3.05, 3.63) is 6.20 Å².